The molecule has 1 aromatic heterocycles. The zero-order valence-corrected chi connectivity index (χ0v) is 12.6. The van der Waals surface area contributed by atoms with E-state index in [4.69, 9.17) is 21.1 Å². The molecule has 0 fully saturated rings. The van der Waals surface area contributed by atoms with Crippen LogP contribution in [0, 0.1) is 6.92 Å². The summed E-state index contributed by atoms with van der Waals surface area (Å²) in [6.45, 7) is 2.79. The van der Waals surface area contributed by atoms with Gasteiger partial charge in [0.25, 0.3) is 0 Å². The van der Waals surface area contributed by atoms with Crippen molar-refractivity contribution in [3.05, 3.63) is 40.2 Å². The summed E-state index contributed by atoms with van der Waals surface area (Å²) >= 11 is 6.18. The van der Waals surface area contributed by atoms with Gasteiger partial charge in [0.15, 0.2) is 17.3 Å². The highest BCUT2D eigenvalue weighted by Crippen LogP contribution is 2.34. The number of carbonyl (C=O) groups is 1. The molecule has 0 spiro atoms. The molecule has 21 heavy (non-hydrogen) atoms. The van der Waals surface area contributed by atoms with Crippen LogP contribution in [-0.4, -0.2) is 28.8 Å². The lowest BCUT2D eigenvalue weighted by atomic mass is 10.0. The molecule has 0 radical (unpaired) electrons. The summed E-state index contributed by atoms with van der Waals surface area (Å²) < 4.78 is 12.6. The van der Waals surface area contributed by atoms with E-state index in [0.29, 0.717) is 35.4 Å². The number of hydrogen-bond acceptors (Lipinski definition) is 4. The highest BCUT2D eigenvalue weighted by molar-refractivity contribution is 6.30. The van der Waals surface area contributed by atoms with Crippen molar-refractivity contribution in [1.29, 1.82) is 0 Å². The Morgan fingerprint density at radius 2 is 2.14 bits per heavy atom. The number of ether oxygens (including phenoxy) is 2. The Hall–Kier alpha value is -2.01. The summed E-state index contributed by atoms with van der Waals surface area (Å²) in [5.74, 6) is 1.07. The Bertz CT molecular complexity index is 709. The van der Waals surface area contributed by atoms with Gasteiger partial charge in [0.05, 0.1) is 11.3 Å². The lowest BCUT2D eigenvalue weighted by molar-refractivity contribution is 0.0981. The van der Waals surface area contributed by atoms with Gasteiger partial charge in [-0.3, -0.25) is 9.48 Å². The van der Waals surface area contributed by atoms with Gasteiger partial charge >= 0.3 is 0 Å². The van der Waals surface area contributed by atoms with E-state index in [1.807, 2.05) is 6.92 Å². The van der Waals surface area contributed by atoms with Crippen molar-refractivity contribution >= 4 is 17.4 Å². The molecule has 0 N–H and O–H groups in total. The summed E-state index contributed by atoms with van der Waals surface area (Å²) in [7, 11) is 1.75. The molecule has 6 heteroatoms. The molecular formula is C15H15ClN2O3. The molecule has 0 saturated carbocycles. The third-order valence-corrected chi connectivity index (χ3v) is 3.95. The second-order valence-corrected chi connectivity index (χ2v) is 5.27. The number of para-hydroxylation sites is 1. The van der Waals surface area contributed by atoms with E-state index in [-0.39, 0.29) is 12.2 Å². The molecule has 1 aliphatic rings. The number of benzene rings is 1. The van der Waals surface area contributed by atoms with Gasteiger partial charge in [-0.05, 0) is 19.1 Å². The summed E-state index contributed by atoms with van der Waals surface area (Å²) in [5, 5.41) is 4.71. The van der Waals surface area contributed by atoms with Crippen molar-refractivity contribution < 1.29 is 14.3 Å². The first-order chi connectivity index (χ1) is 10.1. The topological polar surface area (TPSA) is 53.4 Å². The molecule has 110 valence electrons. The van der Waals surface area contributed by atoms with Crippen molar-refractivity contribution in [3.63, 3.8) is 0 Å². The van der Waals surface area contributed by atoms with Crippen molar-refractivity contribution in [3.8, 4) is 11.5 Å². The van der Waals surface area contributed by atoms with Crippen LogP contribution in [0.4, 0.5) is 0 Å². The number of fused-ring (bicyclic) bond motifs is 1. The smallest absolute Gasteiger partial charge is 0.172 e. The van der Waals surface area contributed by atoms with Crippen LogP contribution in [0.25, 0.3) is 0 Å². The summed E-state index contributed by atoms with van der Waals surface area (Å²) in [6.07, 6.45) is 0.193. The molecule has 0 atom stereocenters. The Labute approximate surface area is 127 Å². The van der Waals surface area contributed by atoms with Crippen molar-refractivity contribution in [2.75, 3.05) is 13.2 Å². The number of Topliss-reactive ketones (excluding diaryl/α,β-unsaturated/α-hetero) is 1. The third-order valence-electron chi connectivity index (χ3n) is 3.47. The normalized spacial score (nSPS) is 13.3. The summed E-state index contributed by atoms with van der Waals surface area (Å²) in [4.78, 5) is 12.6. The van der Waals surface area contributed by atoms with Crippen LogP contribution < -0.4 is 9.47 Å². The molecule has 1 aliphatic heterocycles. The molecular weight excluding hydrogens is 292 g/mol. The van der Waals surface area contributed by atoms with Gasteiger partial charge in [-0.15, -0.1) is 0 Å². The molecule has 0 saturated heterocycles. The number of aryl methyl sites for hydroxylation is 2. The van der Waals surface area contributed by atoms with Crippen molar-refractivity contribution in [2.45, 2.75) is 13.3 Å². The average molecular weight is 307 g/mol. The second-order valence-electron chi connectivity index (χ2n) is 4.91. The molecule has 1 aromatic carbocycles. The first-order valence-corrected chi connectivity index (χ1v) is 7.05. The second kappa shape index (κ2) is 5.41. The average Bonchev–Trinajstić information content (AvgIpc) is 2.73. The van der Waals surface area contributed by atoms with Crippen LogP contribution in [0.15, 0.2) is 18.2 Å². The maximum absolute atomic E-state index is 12.6. The predicted octanol–water partition coefficient (Wildman–Crippen LogP) is 2.58. The SMILES string of the molecule is Cc1nn(C)c(Cl)c1CC(=O)c1cccc2c1OCCO2. The first kappa shape index (κ1) is 13.9. The lowest BCUT2D eigenvalue weighted by Crippen LogP contribution is -2.18. The highest BCUT2D eigenvalue weighted by atomic mass is 35.5. The molecule has 0 amide bonds. The van der Waals surface area contributed by atoms with E-state index in [0.717, 1.165) is 11.3 Å². The van der Waals surface area contributed by atoms with Gasteiger partial charge in [0.2, 0.25) is 0 Å². The van der Waals surface area contributed by atoms with Crippen LogP contribution in [0.1, 0.15) is 21.6 Å². The Morgan fingerprint density at radius 1 is 1.38 bits per heavy atom. The third kappa shape index (κ3) is 2.49. The number of ketones is 1. The van der Waals surface area contributed by atoms with Gasteiger partial charge in [-0.25, -0.2) is 0 Å². The maximum atomic E-state index is 12.6. The Balaban J connectivity index is 1.93. The fraction of sp³-hybridized carbons (Fsp3) is 0.333. The van der Waals surface area contributed by atoms with Gasteiger partial charge in [-0.2, -0.15) is 5.10 Å². The zero-order valence-electron chi connectivity index (χ0n) is 11.9. The number of hydrogen-bond donors (Lipinski definition) is 0. The van der Waals surface area contributed by atoms with Crippen LogP contribution >= 0.6 is 11.6 Å². The number of carbonyl (C=O) groups excluding carboxylic acids is 1. The van der Waals surface area contributed by atoms with E-state index >= 15 is 0 Å². The summed E-state index contributed by atoms with van der Waals surface area (Å²) in [6, 6.07) is 5.33. The summed E-state index contributed by atoms with van der Waals surface area (Å²) in [5.41, 5.74) is 2.03. The molecule has 3 rings (SSSR count). The van der Waals surface area contributed by atoms with Crippen LogP contribution in [0.3, 0.4) is 0 Å². The Kier molecular flexibility index (Phi) is 3.59. The molecule has 5 nitrogen and oxygen atoms in total. The minimum atomic E-state index is -0.0599. The molecule has 0 unspecified atom stereocenters. The predicted molar refractivity (Wildman–Crippen MR) is 78.4 cm³/mol. The van der Waals surface area contributed by atoms with Gasteiger partial charge in [0, 0.05) is 19.0 Å². The van der Waals surface area contributed by atoms with Gasteiger partial charge < -0.3 is 9.47 Å². The van der Waals surface area contributed by atoms with Crippen LogP contribution in [0.5, 0.6) is 11.5 Å². The quantitative estimate of drug-likeness (QED) is 0.818. The van der Waals surface area contributed by atoms with E-state index in [9.17, 15) is 4.79 Å². The monoisotopic (exact) mass is 306 g/mol. The van der Waals surface area contributed by atoms with E-state index in [1.54, 1.807) is 29.9 Å². The van der Waals surface area contributed by atoms with E-state index in [1.165, 1.54) is 0 Å². The zero-order chi connectivity index (χ0) is 15.0. The number of aromatic nitrogens is 2. The molecule has 0 bridgehead atoms. The van der Waals surface area contributed by atoms with Gasteiger partial charge in [0.1, 0.15) is 18.4 Å². The van der Waals surface area contributed by atoms with Crippen LogP contribution in [0.2, 0.25) is 5.15 Å². The fourth-order valence-electron chi connectivity index (χ4n) is 2.42. The lowest BCUT2D eigenvalue weighted by Gasteiger charge is -2.20. The van der Waals surface area contributed by atoms with E-state index in [2.05, 4.69) is 5.10 Å². The molecule has 0 aliphatic carbocycles. The minimum Gasteiger partial charge on any atom is -0.486 e. The largest absolute Gasteiger partial charge is 0.486 e. The number of nitrogens with zero attached hydrogens (tertiary/aromatic N) is 2. The van der Waals surface area contributed by atoms with Gasteiger partial charge in [-0.1, -0.05) is 17.7 Å². The van der Waals surface area contributed by atoms with Crippen molar-refractivity contribution in [1.82, 2.24) is 9.78 Å². The number of rotatable bonds is 3. The van der Waals surface area contributed by atoms with Crippen molar-refractivity contribution in [2.24, 2.45) is 7.05 Å². The molecule has 2 aromatic rings. The standard InChI is InChI=1S/C15H15ClN2O3/c1-9-11(15(16)18(2)17-9)8-12(19)10-4-3-5-13-14(10)21-7-6-20-13/h3-5H,6-8H2,1-2H3. The van der Waals surface area contributed by atoms with Crippen LogP contribution in [-0.2, 0) is 13.5 Å². The Morgan fingerprint density at radius 3 is 2.86 bits per heavy atom. The fourth-order valence-corrected chi connectivity index (χ4v) is 2.67. The first-order valence-electron chi connectivity index (χ1n) is 6.67. The number of halogens is 1. The molecule has 2 heterocycles. The van der Waals surface area contributed by atoms with E-state index < -0.39 is 0 Å². The highest BCUT2D eigenvalue weighted by Gasteiger charge is 2.22. The maximum Gasteiger partial charge on any atom is 0.172 e. The minimum absolute atomic E-state index is 0.0599.